The number of hydrogen-bond acceptors (Lipinski definition) is 3. The molecule has 0 aliphatic carbocycles. The van der Waals surface area contributed by atoms with Gasteiger partial charge in [0.2, 0.25) is 0 Å². The molecule has 2 nitrogen and oxygen atoms in total. The van der Waals surface area contributed by atoms with Gasteiger partial charge in [-0.05, 0) is 40.1 Å². The van der Waals surface area contributed by atoms with E-state index in [4.69, 9.17) is 17.4 Å². The lowest BCUT2D eigenvalue weighted by atomic mass is 10.0. The number of rotatable bonds is 3. The molecule has 3 N–H and O–H groups in total. The molecule has 1 atom stereocenters. The van der Waals surface area contributed by atoms with Crippen LogP contribution in [0.25, 0.3) is 0 Å². The summed E-state index contributed by atoms with van der Waals surface area (Å²) in [5, 5.41) is 4.04. The maximum atomic E-state index is 13.3. The molecular formula is C11H10ClFN2S. The minimum absolute atomic E-state index is 0.116. The van der Waals surface area contributed by atoms with Crippen LogP contribution in [0, 0.1) is 5.82 Å². The number of nitrogens with two attached hydrogens (primary N) is 1. The van der Waals surface area contributed by atoms with Crippen LogP contribution < -0.4 is 11.3 Å². The van der Waals surface area contributed by atoms with Crippen molar-refractivity contribution >= 4 is 22.9 Å². The third kappa shape index (κ3) is 2.25. The number of benzene rings is 1. The molecule has 0 amide bonds. The minimum atomic E-state index is -0.436. The van der Waals surface area contributed by atoms with Crippen molar-refractivity contribution in [3.05, 3.63) is 57.0 Å². The van der Waals surface area contributed by atoms with Crippen LogP contribution in [0.15, 0.2) is 35.0 Å². The van der Waals surface area contributed by atoms with Crippen LogP contribution >= 0.6 is 22.9 Å². The first-order chi connectivity index (χ1) is 7.72. The van der Waals surface area contributed by atoms with E-state index in [1.807, 2.05) is 16.8 Å². The van der Waals surface area contributed by atoms with Gasteiger partial charge in [0, 0.05) is 0 Å². The average molecular weight is 257 g/mol. The molecule has 0 radical (unpaired) electrons. The van der Waals surface area contributed by atoms with Crippen molar-refractivity contribution in [1.82, 2.24) is 5.43 Å². The topological polar surface area (TPSA) is 38.0 Å². The zero-order chi connectivity index (χ0) is 11.5. The second-order valence-electron chi connectivity index (χ2n) is 3.33. The van der Waals surface area contributed by atoms with Crippen molar-refractivity contribution in [2.75, 3.05) is 0 Å². The number of hydrazine groups is 1. The first-order valence-corrected chi connectivity index (χ1v) is 5.97. The summed E-state index contributed by atoms with van der Waals surface area (Å²) < 4.78 is 13.3. The van der Waals surface area contributed by atoms with Gasteiger partial charge in [0.15, 0.2) is 0 Å². The maximum absolute atomic E-state index is 13.3. The van der Waals surface area contributed by atoms with Gasteiger partial charge in [0.1, 0.15) is 5.82 Å². The maximum Gasteiger partial charge on any atom is 0.142 e. The van der Waals surface area contributed by atoms with E-state index >= 15 is 0 Å². The number of nitrogens with one attached hydrogen (secondary N) is 1. The van der Waals surface area contributed by atoms with Crippen LogP contribution in [0.4, 0.5) is 4.39 Å². The molecule has 1 heterocycles. The van der Waals surface area contributed by atoms with Crippen LogP contribution in [-0.2, 0) is 0 Å². The van der Waals surface area contributed by atoms with E-state index in [9.17, 15) is 4.39 Å². The molecule has 16 heavy (non-hydrogen) atoms. The second-order valence-corrected chi connectivity index (χ2v) is 4.52. The molecule has 0 aliphatic rings. The Balaban J connectivity index is 2.37. The summed E-state index contributed by atoms with van der Waals surface area (Å²) in [4.78, 5) is 0. The summed E-state index contributed by atoms with van der Waals surface area (Å²) in [5.41, 5.74) is 4.43. The predicted octanol–water partition coefficient (Wildman–Crippen LogP) is 3.09. The van der Waals surface area contributed by atoms with E-state index in [-0.39, 0.29) is 11.1 Å². The molecule has 5 heteroatoms. The number of hydrogen-bond donors (Lipinski definition) is 2. The van der Waals surface area contributed by atoms with Crippen LogP contribution in [-0.4, -0.2) is 0 Å². The third-order valence-electron chi connectivity index (χ3n) is 2.32. The fourth-order valence-corrected chi connectivity index (χ4v) is 2.32. The molecule has 1 unspecified atom stereocenters. The molecule has 0 saturated heterocycles. The smallest absolute Gasteiger partial charge is 0.142 e. The van der Waals surface area contributed by atoms with E-state index < -0.39 is 5.82 Å². The quantitative estimate of drug-likeness (QED) is 0.654. The van der Waals surface area contributed by atoms with Gasteiger partial charge in [-0.3, -0.25) is 5.84 Å². The molecule has 0 saturated carbocycles. The summed E-state index contributed by atoms with van der Waals surface area (Å²) in [5.74, 6) is 5.05. The van der Waals surface area contributed by atoms with E-state index in [1.165, 1.54) is 12.1 Å². The lowest BCUT2D eigenvalue weighted by Gasteiger charge is -2.15. The fourth-order valence-electron chi connectivity index (χ4n) is 1.52. The minimum Gasteiger partial charge on any atom is -0.271 e. The summed E-state index contributed by atoms with van der Waals surface area (Å²) in [6, 6.07) is 6.42. The lowest BCUT2D eigenvalue weighted by molar-refractivity contribution is 0.606. The SMILES string of the molecule is NNC(c1ccsc1)c1ccc(Cl)c(F)c1. The largest absolute Gasteiger partial charge is 0.271 e. The molecule has 1 aromatic heterocycles. The summed E-state index contributed by atoms with van der Waals surface area (Å²) in [7, 11) is 0. The standard InChI is InChI=1S/C11H10ClFN2S/c12-9-2-1-7(5-10(9)13)11(15-14)8-3-4-16-6-8/h1-6,11,15H,14H2. The summed E-state index contributed by atoms with van der Waals surface area (Å²) >= 11 is 7.20. The summed E-state index contributed by atoms with van der Waals surface area (Å²) in [6.07, 6.45) is 0. The Hall–Kier alpha value is -0.940. The highest BCUT2D eigenvalue weighted by Gasteiger charge is 2.14. The van der Waals surface area contributed by atoms with Gasteiger partial charge in [0.05, 0.1) is 11.1 Å². The highest BCUT2D eigenvalue weighted by Crippen LogP contribution is 2.26. The Labute approximate surface area is 102 Å². The van der Waals surface area contributed by atoms with E-state index in [0.29, 0.717) is 0 Å². The van der Waals surface area contributed by atoms with E-state index in [2.05, 4.69) is 5.43 Å². The molecule has 2 aromatic rings. The van der Waals surface area contributed by atoms with Gasteiger partial charge in [-0.15, -0.1) is 0 Å². The molecule has 0 bridgehead atoms. The summed E-state index contributed by atoms with van der Waals surface area (Å²) in [6.45, 7) is 0. The van der Waals surface area contributed by atoms with Crippen molar-refractivity contribution < 1.29 is 4.39 Å². The zero-order valence-electron chi connectivity index (χ0n) is 8.28. The Bertz CT molecular complexity index is 473. The highest BCUT2D eigenvalue weighted by molar-refractivity contribution is 7.08. The second kappa shape index (κ2) is 4.93. The van der Waals surface area contributed by atoms with Gasteiger partial charge in [-0.1, -0.05) is 17.7 Å². The van der Waals surface area contributed by atoms with Gasteiger partial charge in [-0.25, -0.2) is 9.82 Å². The van der Waals surface area contributed by atoms with Crippen molar-refractivity contribution in [2.24, 2.45) is 5.84 Å². The Morgan fingerprint density at radius 3 is 2.69 bits per heavy atom. The van der Waals surface area contributed by atoms with Crippen molar-refractivity contribution in [1.29, 1.82) is 0 Å². The number of halogens is 2. The van der Waals surface area contributed by atoms with Crippen LogP contribution in [0.5, 0.6) is 0 Å². The third-order valence-corrected chi connectivity index (χ3v) is 3.33. The van der Waals surface area contributed by atoms with Crippen LogP contribution in [0.1, 0.15) is 17.2 Å². The Morgan fingerprint density at radius 2 is 2.12 bits per heavy atom. The van der Waals surface area contributed by atoms with Gasteiger partial charge < -0.3 is 0 Å². The molecule has 0 aliphatic heterocycles. The van der Waals surface area contributed by atoms with Gasteiger partial charge >= 0.3 is 0 Å². The van der Waals surface area contributed by atoms with Crippen LogP contribution in [0.2, 0.25) is 5.02 Å². The molecule has 0 spiro atoms. The van der Waals surface area contributed by atoms with Crippen LogP contribution in [0.3, 0.4) is 0 Å². The van der Waals surface area contributed by atoms with Crippen molar-refractivity contribution in [2.45, 2.75) is 6.04 Å². The molecule has 1 aromatic carbocycles. The first kappa shape index (κ1) is 11.5. The number of thiophene rings is 1. The molecule has 84 valence electrons. The fraction of sp³-hybridized carbons (Fsp3) is 0.0909. The monoisotopic (exact) mass is 256 g/mol. The molecule has 2 rings (SSSR count). The van der Waals surface area contributed by atoms with Gasteiger partial charge in [-0.2, -0.15) is 11.3 Å². The van der Waals surface area contributed by atoms with Gasteiger partial charge in [0.25, 0.3) is 0 Å². The predicted molar refractivity (Wildman–Crippen MR) is 64.9 cm³/mol. The zero-order valence-corrected chi connectivity index (χ0v) is 9.86. The average Bonchev–Trinajstić information content (AvgIpc) is 2.78. The van der Waals surface area contributed by atoms with Crippen molar-refractivity contribution in [3.63, 3.8) is 0 Å². The van der Waals surface area contributed by atoms with E-state index in [0.717, 1.165) is 11.1 Å². The molecular weight excluding hydrogens is 247 g/mol. The first-order valence-electron chi connectivity index (χ1n) is 4.65. The Kier molecular flexibility index (Phi) is 3.56. The van der Waals surface area contributed by atoms with Crippen molar-refractivity contribution in [3.8, 4) is 0 Å². The highest BCUT2D eigenvalue weighted by atomic mass is 35.5. The lowest BCUT2D eigenvalue weighted by Crippen LogP contribution is -2.28. The molecule has 0 fully saturated rings. The Morgan fingerprint density at radius 1 is 1.31 bits per heavy atom. The normalized spacial score (nSPS) is 12.7. The van der Waals surface area contributed by atoms with E-state index in [1.54, 1.807) is 17.4 Å².